The van der Waals surface area contributed by atoms with Crippen LogP contribution in [0.1, 0.15) is 45.0 Å². The fraction of sp³-hybridized carbons (Fsp3) is 0.269. The number of alkyl halides is 1. The van der Waals surface area contributed by atoms with E-state index in [0.29, 0.717) is 30.1 Å². The third kappa shape index (κ3) is 4.30. The summed E-state index contributed by atoms with van der Waals surface area (Å²) in [6, 6.07) is 12.7. The molecule has 34 heavy (non-hydrogen) atoms. The first-order chi connectivity index (χ1) is 16.5. The lowest BCUT2D eigenvalue weighted by molar-refractivity contribution is 0.0935. The van der Waals surface area contributed by atoms with Crippen LogP contribution in [0.4, 0.5) is 4.39 Å². The zero-order chi connectivity index (χ0) is 23.7. The number of carbonyl (C=O) groups excluding carboxylic acids is 1. The number of amides is 1. The minimum Gasteiger partial charge on any atom is -0.372 e. The highest BCUT2D eigenvalue weighted by atomic mass is 19.1. The van der Waals surface area contributed by atoms with Gasteiger partial charge in [0, 0.05) is 47.9 Å². The summed E-state index contributed by atoms with van der Waals surface area (Å²) in [5, 5.41) is 4.08. The summed E-state index contributed by atoms with van der Waals surface area (Å²) in [6.07, 6.45) is 1.05. The first-order valence-corrected chi connectivity index (χ1v) is 11.0. The molecule has 1 aliphatic rings. The summed E-state index contributed by atoms with van der Waals surface area (Å²) < 4.78 is 21.0. The number of para-hydroxylation sites is 1. The third-order valence-electron chi connectivity index (χ3n) is 5.81. The third-order valence-corrected chi connectivity index (χ3v) is 5.81. The molecule has 0 saturated carbocycles. The van der Waals surface area contributed by atoms with Gasteiger partial charge in [0.05, 0.1) is 6.54 Å². The number of imidazole rings is 1. The Kier molecular flexibility index (Phi) is 5.86. The number of H-pyrrole nitrogens is 1. The Morgan fingerprint density at radius 3 is 3.03 bits per heavy atom. The Bertz CT molecular complexity index is 1390. The fourth-order valence-electron chi connectivity index (χ4n) is 4.33. The maximum Gasteiger partial charge on any atom is 0.270 e. The number of fused-ring (bicyclic) bond motifs is 2. The molecule has 0 fully saturated rings. The molecule has 0 spiro atoms. The number of methoxy groups -OCH3 is 1. The van der Waals surface area contributed by atoms with Crippen LogP contribution in [0, 0.1) is 18.8 Å². The number of nitrogens with zero attached hydrogens (tertiary/aromatic N) is 3. The van der Waals surface area contributed by atoms with Crippen LogP contribution in [0.2, 0.25) is 0 Å². The van der Waals surface area contributed by atoms with Gasteiger partial charge in [0.1, 0.15) is 30.3 Å². The predicted octanol–water partition coefficient (Wildman–Crippen LogP) is 3.48. The van der Waals surface area contributed by atoms with E-state index in [-0.39, 0.29) is 18.1 Å². The molecule has 0 aliphatic carbocycles. The second kappa shape index (κ2) is 9.12. The van der Waals surface area contributed by atoms with Gasteiger partial charge in [-0.05, 0) is 36.6 Å². The summed E-state index contributed by atoms with van der Waals surface area (Å²) in [5.74, 6) is 6.11. The highest BCUT2D eigenvalue weighted by Gasteiger charge is 2.30. The molecule has 1 unspecified atom stereocenters. The van der Waals surface area contributed by atoms with Crippen molar-refractivity contribution < 1.29 is 13.9 Å². The van der Waals surface area contributed by atoms with Gasteiger partial charge in [-0.25, -0.2) is 14.4 Å². The van der Waals surface area contributed by atoms with Gasteiger partial charge < -0.3 is 19.6 Å². The van der Waals surface area contributed by atoms with Crippen molar-refractivity contribution in [3.63, 3.8) is 0 Å². The topological polar surface area (TPSA) is 84.8 Å². The van der Waals surface area contributed by atoms with Crippen LogP contribution in [-0.2, 0) is 17.7 Å². The summed E-state index contributed by atoms with van der Waals surface area (Å²) in [6.45, 7) is 2.33. The number of carbonyl (C=O) groups is 1. The minimum atomic E-state index is -0.956. The van der Waals surface area contributed by atoms with Crippen LogP contribution in [-0.4, -0.2) is 45.3 Å². The quantitative estimate of drug-likeness (QED) is 0.450. The second-order valence-electron chi connectivity index (χ2n) is 8.36. The molecule has 0 bridgehead atoms. The molecule has 7 nitrogen and oxygen atoms in total. The molecule has 172 valence electrons. The highest BCUT2D eigenvalue weighted by molar-refractivity contribution is 5.93. The van der Waals surface area contributed by atoms with Gasteiger partial charge in [-0.15, -0.1) is 0 Å². The van der Waals surface area contributed by atoms with E-state index in [1.165, 1.54) is 0 Å². The van der Waals surface area contributed by atoms with Crippen molar-refractivity contribution in [2.24, 2.45) is 0 Å². The average Bonchev–Trinajstić information content (AvgIpc) is 3.51. The van der Waals surface area contributed by atoms with Crippen LogP contribution in [0.25, 0.3) is 10.9 Å². The van der Waals surface area contributed by atoms with Gasteiger partial charge in [-0.1, -0.05) is 30.0 Å². The van der Waals surface area contributed by atoms with Crippen LogP contribution in [0.3, 0.4) is 0 Å². The minimum absolute atomic E-state index is 0.221. The fourth-order valence-corrected chi connectivity index (χ4v) is 4.33. The van der Waals surface area contributed by atoms with Crippen molar-refractivity contribution in [2.75, 3.05) is 13.7 Å². The maximum absolute atomic E-state index is 14.1. The Morgan fingerprint density at radius 1 is 1.35 bits per heavy atom. The van der Waals surface area contributed by atoms with Crippen molar-refractivity contribution in [1.82, 2.24) is 24.8 Å². The number of rotatable bonds is 5. The molecule has 5 rings (SSSR count). The average molecular weight is 458 g/mol. The van der Waals surface area contributed by atoms with Crippen LogP contribution < -0.4 is 5.32 Å². The lowest BCUT2D eigenvalue weighted by atomic mass is 10.1. The molecule has 2 N–H and O–H groups in total. The van der Waals surface area contributed by atoms with E-state index in [1.54, 1.807) is 19.4 Å². The number of pyridine rings is 1. The molecule has 1 aromatic carbocycles. The van der Waals surface area contributed by atoms with E-state index >= 15 is 0 Å². The monoisotopic (exact) mass is 457 g/mol. The standard InChI is InChI=1S/C26H24FN5O2/c1-16-10-17(6-5-9-34-2)11-23(29-16)26(33)31-24(22-12-18-7-3-4-8-21(18)30-22)25-28-14-20-13-19(27)15-32(20)25/h3-4,7-8,10-12,14,19,24,30H,9,13,15H2,1-2H3,(H,31,33)/t19-,24?/m0/s1. The largest absolute Gasteiger partial charge is 0.372 e. The number of aryl methyl sites for hydroxylation is 1. The Morgan fingerprint density at radius 2 is 2.21 bits per heavy atom. The van der Waals surface area contributed by atoms with E-state index in [9.17, 15) is 9.18 Å². The van der Waals surface area contributed by atoms with Gasteiger partial charge >= 0.3 is 0 Å². The second-order valence-corrected chi connectivity index (χ2v) is 8.36. The number of hydrogen-bond donors (Lipinski definition) is 2. The Balaban J connectivity index is 1.52. The number of ether oxygens (including phenoxy) is 1. The molecule has 0 radical (unpaired) electrons. The number of aromatic amines is 1. The van der Waals surface area contributed by atoms with E-state index in [0.717, 1.165) is 22.3 Å². The number of halogens is 1. The zero-order valence-corrected chi connectivity index (χ0v) is 18.9. The molecular weight excluding hydrogens is 433 g/mol. The molecule has 4 heterocycles. The van der Waals surface area contributed by atoms with E-state index < -0.39 is 12.2 Å². The highest BCUT2D eigenvalue weighted by Crippen LogP contribution is 2.29. The van der Waals surface area contributed by atoms with Crippen molar-refractivity contribution in [3.05, 3.63) is 82.8 Å². The van der Waals surface area contributed by atoms with Crippen molar-refractivity contribution in [1.29, 1.82) is 0 Å². The SMILES string of the molecule is COCC#Cc1cc(C)nc(C(=O)NC(c2cc3ccccc3[nH]2)c2ncc3n2C[C@@H](F)C3)c1. The van der Waals surface area contributed by atoms with Gasteiger partial charge in [0.15, 0.2) is 0 Å². The molecule has 2 atom stereocenters. The summed E-state index contributed by atoms with van der Waals surface area (Å²) in [7, 11) is 1.58. The number of benzene rings is 1. The Hall–Kier alpha value is -3.96. The van der Waals surface area contributed by atoms with Crippen molar-refractivity contribution >= 4 is 16.8 Å². The van der Waals surface area contributed by atoms with Crippen molar-refractivity contribution in [3.8, 4) is 11.8 Å². The van der Waals surface area contributed by atoms with Crippen LogP contribution in [0.5, 0.6) is 0 Å². The molecule has 1 amide bonds. The van der Waals surface area contributed by atoms with Gasteiger partial charge in [0.25, 0.3) is 5.91 Å². The molecule has 1 aliphatic heterocycles. The lowest BCUT2D eigenvalue weighted by Crippen LogP contribution is -2.32. The molecule has 4 aromatic rings. The summed E-state index contributed by atoms with van der Waals surface area (Å²) >= 11 is 0. The first kappa shape index (κ1) is 21.9. The lowest BCUT2D eigenvalue weighted by Gasteiger charge is -2.18. The maximum atomic E-state index is 14.1. The summed E-state index contributed by atoms with van der Waals surface area (Å²) in [5.41, 5.74) is 4.13. The van der Waals surface area contributed by atoms with Crippen LogP contribution >= 0.6 is 0 Å². The number of hydrogen-bond acceptors (Lipinski definition) is 4. The molecule has 3 aromatic heterocycles. The van der Waals surface area contributed by atoms with E-state index in [1.807, 2.05) is 47.9 Å². The number of nitrogens with one attached hydrogen (secondary N) is 2. The first-order valence-electron chi connectivity index (χ1n) is 11.0. The molecule has 8 heteroatoms. The van der Waals surface area contributed by atoms with Crippen LogP contribution in [0.15, 0.2) is 48.7 Å². The van der Waals surface area contributed by atoms with E-state index in [2.05, 4.69) is 32.1 Å². The van der Waals surface area contributed by atoms with Gasteiger partial charge in [-0.3, -0.25) is 4.79 Å². The van der Waals surface area contributed by atoms with Gasteiger partial charge in [-0.2, -0.15) is 0 Å². The Labute approximate surface area is 196 Å². The van der Waals surface area contributed by atoms with E-state index in [4.69, 9.17) is 4.74 Å². The molecular formula is C26H24FN5O2. The smallest absolute Gasteiger partial charge is 0.270 e. The molecule has 0 saturated heterocycles. The number of aromatic nitrogens is 4. The normalized spacial score (nSPS) is 15.6. The van der Waals surface area contributed by atoms with Crippen molar-refractivity contribution in [2.45, 2.75) is 32.1 Å². The predicted molar refractivity (Wildman–Crippen MR) is 126 cm³/mol. The summed E-state index contributed by atoms with van der Waals surface area (Å²) in [4.78, 5) is 25.7. The zero-order valence-electron chi connectivity index (χ0n) is 18.9. The van der Waals surface area contributed by atoms with Gasteiger partial charge in [0.2, 0.25) is 0 Å².